The van der Waals surface area contributed by atoms with Gasteiger partial charge in [-0.05, 0) is 37.7 Å². The van der Waals surface area contributed by atoms with Gasteiger partial charge in [0.1, 0.15) is 0 Å². The van der Waals surface area contributed by atoms with Gasteiger partial charge in [0, 0.05) is 17.1 Å². The van der Waals surface area contributed by atoms with Crippen molar-refractivity contribution in [3.8, 4) is 5.88 Å². The van der Waals surface area contributed by atoms with E-state index in [4.69, 9.17) is 4.74 Å². The van der Waals surface area contributed by atoms with Crippen LogP contribution in [-0.4, -0.2) is 23.1 Å². The molecule has 0 aromatic carbocycles. The third kappa shape index (κ3) is 3.84. The lowest BCUT2D eigenvalue weighted by molar-refractivity contribution is 0.247. The molecule has 6 nitrogen and oxygen atoms in total. The van der Waals surface area contributed by atoms with E-state index in [0.29, 0.717) is 16.9 Å². The van der Waals surface area contributed by atoms with Crippen LogP contribution in [0, 0.1) is 12.8 Å². The summed E-state index contributed by atoms with van der Waals surface area (Å²) in [4.78, 5) is 22.2. The number of nitrogens with one attached hydrogen (secondary N) is 2. The van der Waals surface area contributed by atoms with Crippen LogP contribution in [-0.2, 0) is 6.42 Å². The van der Waals surface area contributed by atoms with Gasteiger partial charge in [-0.2, -0.15) is 0 Å². The molecule has 128 valence electrons. The number of thiazole rings is 1. The minimum Gasteiger partial charge on any atom is -0.481 e. The fourth-order valence-electron chi connectivity index (χ4n) is 2.68. The number of aromatic nitrogens is 2. The molecule has 1 aliphatic rings. The van der Waals surface area contributed by atoms with Crippen LogP contribution in [0.3, 0.4) is 0 Å². The highest BCUT2D eigenvalue weighted by Crippen LogP contribution is 2.41. The van der Waals surface area contributed by atoms with Crippen molar-refractivity contribution in [2.24, 2.45) is 5.92 Å². The number of methoxy groups -OCH3 is 1. The zero-order valence-corrected chi connectivity index (χ0v) is 14.9. The van der Waals surface area contributed by atoms with Crippen molar-refractivity contribution in [1.82, 2.24) is 15.3 Å². The summed E-state index contributed by atoms with van der Waals surface area (Å²) >= 11 is 1.51. The zero-order valence-electron chi connectivity index (χ0n) is 14.1. The van der Waals surface area contributed by atoms with Crippen molar-refractivity contribution < 1.29 is 9.53 Å². The van der Waals surface area contributed by atoms with Gasteiger partial charge in [-0.3, -0.25) is 5.32 Å². The molecule has 0 saturated heterocycles. The predicted molar refractivity (Wildman–Crippen MR) is 94.6 cm³/mol. The van der Waals surface area contributed by atoms with Crippen LogP contribution in [0.5, 0.6) is 5.88 Å². The quantitative estimate of drug-likeness (QED) is 0.836. The smallest absolute Gasteiger partial charge is 0.321 e. The number of rotatable bonds is 6. The van der Waals surface area contributed by atoms with E-state index in [1.54, 1.807) is 13.3 Å². The number of urea groups is 1. The molecule has 2 amide bonds. The molecule has 2 aromatic rings. The second kappa shape index (κ2) is 7.17. The zero-order chi connectivity index (χ0) is 17.1. The summed E-state index contributed by atoms with van der Waals surface area (Å²) in [6, 6.07) is 3.52. The van der Waals surface area contributed by atoms with Crippen LogP contribution < -0.4 is 15.4 Å². The Morgan fingerprint density at radius 2 is 2.25 bits per heavy atom. The normalized spacial score (nSPS) is 15.0. The van der Waals surface area contributed by atoms with Crippen LogP contribution in [0.25, 0.3) is 0 Å². The van der Waals surface area contributed by atoms with Crippen molar-refractivity contribution >= 4 is 22.5 Å². The summed E-state index contributed by atoms with van der Waals surface area (Å²) in [6.07, 6.45) is 4.87. The molecule has 1 fully saturated rings. The molecule has 0 bridgehead atoms. The maximum absolute atomic E-state index is 12.4. The Kier molecular flexibility index (Phi) is 4.99. The van der Waals surface area contributed by atoms with Gasteiger partial charge in [-0.15, -0.1) is 11.3 Å². The van der Waals surface area contributed by atoms with E-state index in [1.807, 2.05) is 19.1 Å². The molecule has 24 heavy (non-hydrogen) atoms. The van der Waals surface area contributed by atoms with Gasteiger partial charge in [-0.1, -0.05) is 13.0 Å². The molecule has 3 rings (SSSR count). The van der Waals surface area contributed by atoms with Gasteiger partial charge in [-0.25, -0.2) is 14.8 Å². The SMILES string of the molecule is CCc1nc(NC(=O)NC(c2ccc(OC)nc2)C2CC2)sc1C. The second-order valence-corrected chi connectivity index (χ2v) is 7.13. The lowest BCUT2D eigenvalue weighted by atomic mass is 10.0. The molecule has 1 atom stereocenters. The van der Waals surface area contributed by atoms with Crippen LogP contribution in [0.4, 0.5) is 9.93 Å². The minimum absolute atomic E-state index is 0.0323. The van der Waals surface area contributed by atoms with Gasteiger partial charge in [0.15, 0.2) is 5.13 Å². The topological polar surface area (TPSA) is 76.1 Å². The Balaban J connectivity index is 1.67. The average Bonchev–Trinajstić information content (AvgIpc) is 3.36. The van der Waals surface area contributed by atoms with E-state index >= 15 is 0 Å². The molecule has 0 radical (unpaired) electrons. The molecule has 0 spiro atoms. The van der Waals surface area contributed by atoms with Crippen LogP contribution in [0.2, 0.25) is 0 Å². The number of hydrogen-bond donors (Lipinski definition) is 2. The summed E-state index contributed by atoms with van der Waals surface area (Å²) in [7, 11) is 1.59. The highest BCUT2D eigenvalue weighted by Gasteiger charge is 2.33. The van der Waals surface area contributed by atoms with Gasteiger partial charge in [0.25, 0.3) is 0 Å². The van der Waals surface area contributed by atoms with Gasteiger partial charge >= 0.3 is 6.03 Å². The van der Waals surface area contributed by atoms with Gasteiger partial charge in [0.05, 0.1) is 18.8 Å². The maximum Gasteiger partial charge on any atom is 0.321 e. The van der Waals surface area contributed by atoms with Gasteiger partial charge in [0.2, 0.25) is 5.88 Å². The number of nitrogens with zero attached hydrogens (tertiary/aromatic N) is 2. The van der Waals surface area contributed by atoms with Crippen LogP contribution in [0.15, 0.2) is 18.3 Å². The summed E-state index contributed by atoms with van der Waals surface area (Å²) in [5.41, 5.74) is 2.03. The van der Waals surface area contributed by atoms with Gasteiger partial charge < -0.3 is 10.1 Å². The molecule has 0 aliphatic heterocycles. The molecule has 2 aromatic heterocycles. The fourth-order valence-corrected chi connectivity index (χ4v) is 3.58. The molecule has 2 heterocycles. The maximum atomic E-state index is 12.4. The summed E-state index contributed by atoms with van der Waals surface area (Å²) in [6.45, 7) is 4.08. The monoisotopic (exact) mass is 346 g/mol. The molecule has 2 N–H and O–H groups in total. The van der Waals surface area contributed by atoms with Crippen molar-refractivity contribution in [2.45, 2.75) is 39.2 Å². The Morgan fingerprint density at radius 3 is 2.79 bits per heavy atom. The van der Waals surface area contributed by atoms with E-state index in [9.17, 15) is 4.79 Å². The Hall–Kier alpha value is -2.15. The highest BCUT2D eigenvalue weighted by atomic mass is 32.1. The summed E-state index contributed by atoms with van der Waals surface area (Å²) < 4.78 is 5.09. The first-order valence-corrected chi connectivity index (χ1v) is 8.96. The van der Waals surface area contributed by atoms with Crippen LogP contribution in [0.1, 0.15) is 41.9 Å². The molecular weight excluding hydrogens is 324 g/mol. The number of aryl methyl sites for hydroxylation is 2. The number of ether oxygens (including phenoxy) is 1. The number of anilines is 1. The predicted octanol–water partition coefficient (Wildman–Crippen LogP) is 3.69. The molecule has 1 unspecified atom stereocenters. The second-order valence-electron chi connectivity index (χ2n) is 5.92. The number of carbonyl (C=O) groups excluding carboxylic acids is 1. The highest BCUT2D eigenvalue weighted by molar-refractivity contribution is 7.15. The first-order valence-electron chi connectivity index (χ1n) is 8.14. The number of hydrogen-bond acceptors (Lipinski definition) is 5. The van der Waals surface area contributed by atoms with Crippen molar-refractivity contribution in [3.05, 3.63) is 34.5 Å². The lowest BCUT2D eigenvalue weighted by Gasteiger charge is -2.18. The minimum atomic E-state index is -0.223. The van der Waals surface area contributed by atoms with E-state index in [1.165, 1.54) is 11.3 Å². The van der Waals surface area contributed by atoms with E-state index in [2.05, 4.69) is 27.5 Å². The molecule has 1 saturated carbocycles. The first kappa shape index (κ1) is 16.7. The standard InChI is InChI=1S/C17H22N4O2S/c1-4-13-10(2)24-17(19-13)21-16(22)20-15(11-5-6-11)12-7-8-14(23-3)18-9-12/h7-9,11,15H,4-6H2,1-3H3,(H2,19,20,21,22). The third-order valence-electron chi connectivity index (χ3n) is 4.16. The number of pyridine rings is 1. The van der Waals surface area contributed by atoms with E-state index in [-0.39, 0.29) is 12.1 Å². The molecular formula is C17H22N4O2S. The third-order valence-corrected chi connectivity index (χ3v) is 5.08. The average molecular weight is 346 g/mol. The van der Waals surface area contributed by atoms with Crippen molar-refractivity contribution in [1.29, 1.82) is 0 Å². The van der Waals surface area contributed by atoms with Crippen LogP contribution >= 0.6 is 11.3 Å². The Labute approximate surface area is 145 Å². The van der Waals surface area contributed by atoms with Crippen molar-refractivity contribution in [2.75, 3.05) is 12.4 Å². The first-order chi connectivity index (χ1) is 11.6. The molecule has 1 aliphatic carbocycles. The fraction of sp³-hybridized carbons (Fsp3) is 0.471. The summed E-state index contributed by atoms with van der Waals surface area (Å²) in [5, 5.41) is 6.56. The Bertz CT molecular complexity index is 710. The molecule has 7 heteroatoms. The number of carbonyl (C=O) groups is 1. The number of amides is 2. The summed E-state index contributed by atoms with van der Waals surface area (Å²) in [5.74, 6) is 1.04. The lowest BCUT2D eigenvalue weighted by Crippen LogP contribution is -2.33. The van der Waals surface area contributed by atoms with E-state index < -0.39 is 0 Å². The van der Waals surface area contributed by atoms with E-state index in [0.717, 1.165) is 35.4 Å². The largest absolute Gasteiger partial charge is 0.481 e. The Morgan fingerprint density at radius 1 is 1.46 bits per heavy atom. The van der Waals surface area contributed by atoms with Crippen molar-refractivity contribution in [3.63, 3.8) is 0 Å².